The summed E-state index contributed by atoms with van der Waals surface area (Å²) >= 11 is 0. The Hall–Kier alpha value is -2.82. The minimum Gasteiger partial charge on any atom is -0.493 e. The number of nitrogens with one attached hydrogen (secondary N) is 1. The second-order valence-electron chi connectivity index (χ2n) is 5.20. The highest BCUT2D eigenvalue weighted by Crippen LogP contribution is 2.34. The lowest BCUT2D eigenvalue weighted by molar-refractivity contribution is 0.104. The summed E-state index contributed by atoms with van der Waals surface area (Å²) in [5.74, 6) is 1.29. The van der Waals surface area contributed by atoms with E-state index in [-0.39, 0.29) is 5.78 Å². The van der Waals surface area contributed by atoms with Gasteiger partial charge >= 0.3 is 0 Å². The molecule has 1 N–H and O–H groups in total. The van der Waals surface area contributed by atoms with Gasteiger partial charge in [-0.1, -0.05) is 0 Å². The van der Waals surface area contributed by atoms with Gasteiger partial charge in [-0.15, -0.1) is 0 Å². The van der Waals surface area contributed by atoms with Crippen LogP contribution in [0.15, 0.2) is 42.7 Å². The van der Waals surface area contributed by atoms with Crippen molar-refractivity contribution in [3.63, 3.8) is 0 Å². The number of ketones is 1. The van der Waals surface area contributed by atoms with E-state index in [0.29, 0.717) is 17.1 Å². The van der Waals surface area contributed by atoms with Crippen LogP contribution in [0.3, 0.4) is 0 Å². The summed E-state index contributed by atoms with van der Waals surface area (Å²) in [6.07, 6.45) is 5.72. The van der Waals surface area contributed by atoms with Crippen molar-refractivity contribution in [3.8, 4) is 11.5 Å². The fraction of sp³-hybridized carbons (Fsp3) is 0.222. The molecule has 1 aromatic carbocycles. The van der Waals surface area contributed by atoms with Gasteiger partial charge in [0.25, 0.3) is 0 Å². The maximum absolute atomic E-state index is 12.4. The summed E-state index contributed by atoms with van der Waals surface area (Å²) in [6, 6.07) is 7.29. The van der Waals surface area contributed by atoms with Crippen molar-refractivity contribution in [2.75, 3.05) is 20.8 Å². The largest absolute Gasteiger partial charge is 0.493 e. The van der Waals surface area contributed by atoms with Crippen LogP contribution in [0.5, 0.6) is 11.5 Å². The molecule has 23 heavy (non-hydrogen) atoms. The molecule has 0 saturated heterocycles. The number of carbonyl (C=O) groups is 1. The van der Waals surface area contributed by atoms with Gasteiger partial charge in [-0.25, -0.2) is 0 Å². The van der Waals surface area contributed by atoms with Gasteiger partial charge in [0.05, 0.1) is 14.2 Å². The number of benzene rings is 1. The fourth-order valence-electron chi connectivity index (χ4n) is 2.67. The van der Waals surface area contributed by atoms with Crippen molar-refractivity contribution in [2.24, 2.45) is 0 Å². The van der Waals surface area contributed by atoms with Crippen LogP contribution in [0, 0.1) is 0 Å². The van der Waals surface area contributed by atoms with E-state index in [1.165, 1.54) is 0 Å². The Bertz CT molecular complexity index is 754. The third-order valence-corrected chi connectivity index (χ3v) is 3.85. The number of ether oxygens (including phenoxy) is 2. The molecule has 118 valence electrons. The number of carbonyl (C=O) groups excluding carboxylic acids is 1. The monoisotopic (exact) mass is 310 g/mol. The zero-order valence-electron chi connectivity index (χ0n) is 13.1. The number of allylic oxidation sites excluding steroid dienone is 1. The van der Waals surface area contributed by atoms with E-state index >= 15 is 0 Å². The normalized spacial score (nSPS) is 14.8. The van der Waals surface area contributed by atoms with Crippen LogP contribution in [0.4, 0.5) is 0 Å². The van der Waals surface area contributed by atoms with Gasteiger partial charge in [0, 0.05) is 41.8 Å². The number of fused-ring (bicyclic) bond motifs is 1. The molecule has 0 radical (unpaired) electrons. The number of hydrogen-bond donors (Lipinski definition) is 1. The van der Waals surface area contributed by atoms with Crippen LogP contribution in [-0.4, -0.2) is 31.5 Å². The lowest BCUT2D eigenvalue weighted by Crippen LogP contribution is -2.23. The second kappa shape index (κ2) is 6.52. The third kappa shape index (κ3) is 3.04. The van der Waals surface area contributed by atoms with Crippen molar-refractivity contribution in [2.45, 2.75) is 6.42 Å². The quantitative estimate of drug-likeness (QED) is 0.694. The number of pyridine rings is 1. The molecule has 0 aliphatic carbocycles. The molecule has 0 spiro atoms. The molecule has 2 heterocycles. The highest BCUT2D eigenvalue weighted by molar-refractivity contribution is 6.08. The van der Waals surface area contributed by atoms with Gasteiger partial charge in [0.2, 0.25) is 0 Å². The van der Waals surface area contributed by atoms with Gasteiger partial charge in [-0.2, -0.15) is 0 Å². The van der Waals surface area contributed by atoms with Crippen LogP contribution in [0.2, 0.25) is 0 Å². The van der Waals surface area contributed by atoms with E-state index in [4.69, 9.17) is 9.47 Å². The first-order valence-electron chi connectivity index (χ1n) is 7.38. The molecular formula is C18H18N2O3. The Balaban J connectivity index is 2.01. The maximum Gasteiger partial charge on any atom is 0.188 e. The third-order valence-electron chi connectivity index (χ3n) is 3.85. The maximum atomic E-state index is 12.4. The number of aromatic nitrogens is 1. The van der Waals surface area contributed by atoms with E-state index in [2.05, 4.69) is 10.3 Å². The zero-order valence-corrected chi connectivity index (χ0v) is 13.1. The molecule has 0 atom stereocenters. The molecule has 3 rings (SSSR count). The first kappa shape index (κ1) is 15.1. The zero-order chi connectivity index (χ0) is 16.2. The molecule has 1 aliphatic rings. The number of nitrogens with zero attached hydrogens (tertiary/aromatic N) is 1. The molecule has 0 bridgehead atoms. The molecule has 1 aliphatic heterocycles. The topological polar surface area (TPSA) is 60.5 Å². The van der Waals surface area contributed by atoms with Crippen LogP contribution in [0.1, 0.15) is 21.5 Å². The van der Waals surface area contributed by atoms with Gasteiger partial charge in [0.1, 0.15) is 0 Å². The van der Waals surface area contributed by atoms with Crippen molar-refractivity contribution in [1.82, 2.24) is 10.3 Å². The molecule has 0 fully saturated rings. The Morgan fingerprint density at radius 3 is 2.57 bits per heavy atom. The standard InChI is InChI=1S/C18H18N2O3/c1-22-17-9-13-5-8-20-15(14(13)10-18(17)23-2)11-16(21)12-3-6-19-7-4-12/h3-4,6-7,9-11,20H,5,8H2,1-2H3/b15-11-. The molecule has 2 aromatic rings. The molecule has 0 saturated carbocycles. The fourth-order valence-corrected chi connectivity index (χ4v) is 2.67. The molecule has 5 nitrogen and oxygen atoms in total. The molecular weight excluding hydrogens is 292 g/mol. The van der Waals surface area contributed by atoms with E-state index in [0.717, 1.165) is 29.8 Å². The molecule has 1 aromatic heterocycles. The Labute approximate surface area is 135 Å². The lowest BCUT2D eigenvalue weighted by atomic mass is 9.96. The average Bonchev–Trinajstić information content (AvgIpc) is 2.61. The second-order valence-corrected chi connectivity index (χ2v) is 5.20. The molecule has 0 amide bonds. The van der Waals surface area contributed by atoms with Crippen molar-refractivity contribution < 1.29 is 14.3 Å². The smallest absolute Gasteiger partial charge is 0.188 e. The van der Waals surface area contributed by atoms with Gasteiger partial charge < -0.3 is 14.8 Å². The van der Waals surface area contributed by atoms with Crippen molar-refractivity contribution in [3.05, 3.63) is 59.4 Å². The van der Waals surface area contributed by atoms with Gasteiger partial charge in [-0.3, -0.25) is 9.78 Å². The average molecular weight is 310 g/mol. The minimum absolute atomic E-state index is 0.0578. The SMILES string of the molecule is COc1cc2c(cc1OC)/C(=C/C(=O)c1ccncc1)NCC2. The van der Waals surface area contributed by atoms with Crippen LogP contribution in [0.25, 0.3) is 5.70 Å². The summed E-state index contributed by atoms with van der Waals surface area (Å²) in [6.45, 7) is 0.776. The van der Waals surface area contributed by atoms with E-state index in [9.17, 15) is 4.79 Å². The Morgan fingerprint density at radius 1 is 1.17 bits per heavy atom. The number of rotatable bonds is 4. The van der Waals surface area contributed by atoms with Crippen LogP contribution >= 0.6 is 0 Å². The Kier molecular flexibility index (Phi) is 4.28. The van der Waals surface area contributed by atoms with E-state index in [1.54, 1.807) is 44.8 Å². The summed E-state index contributed by atoms with van der Waals surface area (Å²) < 4.78 is 10.7. The van der Waals surface area contributed by atoms with E-state index < -0.39 is 0 Å². The van der Waals surface area contributed by atoms with Crippen LogP contribution < -0.4 is 14.8 Å². The molecule has 5 heteroatoms. The first-order valence-corrected chi connectivity index (χ1v) is 7.38. The summed E-state index contributed by atoms with van der Waals surface area (Å²) in [7, 11) is 3.22. The summed E-state index contributed by atoms with van der Waals surface area (Å²) in [4.78, 5) is 16.3. The lowest BCUT2D eigenvalue weighted by Gasteiger charge is -2.23. The van der Waals surface area contributed by atoms with Crippen molar-refractivity contribution in [1.29, 1.82) is 0 Å². The number of hydrogen-bond acceptors (Lipinski definition) is 5. The Morgan fingerprint density at radius 2 is 1.87 bits per heavy atom. The van der Waals surface area contributed by atoms with Gasteiger partial charge in [-0.05, 0) is 36.2 Å². The van der Waals surface area contributed by atoms with Crippen molar-refractivity contribution >= 4 is 11.5 Å². The predicted molar refractivity (Wildman–Crippen MR) is 87.8 cm³/mol. The van der Waals surface area contributed by atoms with Gasteiger partial charge in [0.15, 0.2) is 17.3 Å². The highest BCUT2D eigenvalue weighted by atomic mass is 16.5. The first-order chi connectivity index (χ1) is 11.2. The predicted octanol–water partition coefficient (Wildman–Crippen LogP) is 2.47. The molecule has 0 unspecified atom stereocenters. The summed E-state index contributed by atoms with van der Waals surface area (Å²) in [5.41, 5.74) is 3.52. The van der Waals surface area contributed by atoms with Crippen LogP contribution in [-0.2, 0) is 6.42 Å². The minimum atomic E-state index is -0.0578. The highest BCUT2D eigenvalue weighted by Gasteiger charge is 2.19. The summed E-state index contributed by atoms with van der Waals surface area (Å²) in [5, 5.41) is 3.29. The van der Waals surface area contributed by atoms with E-state index in [1.807, 2.05) is 12.1 Å². The number of methoxy groups -OCH3 is 2.